The predicted molar refractivity (Wildman–Crippen MR) is 108 cm³/mol. The fraction of sp³-hybridized carbons (Fsp3) is 0.650. The number of benzene rings is 1. The molecule has 1 aromatic carbocycles. The third-order valence-corrected chi connectivity index (χ3v) is 4.55. The van der Waals surface area contributed by atoms with Crippen LogP contribution in [0.2, 0.25) is 0 Å². The summed E-state index contributed by atoms with van der Waals surface area (Å²) in [5.41, 5.74) is 0.973. The number of likely N-dealkylation sites (tertiary alicyclic amines) is 1. The standard InChI is InChI=1S/C20H34N4O2/c1-4-10-24-11-9-17(16-24)15-22-20(21-2)23-18-7-5-8-19(14-18)26-13-6-12-25-3/h5,7-8,14,17H,4,6,9-13,15-16H2,1-3H3,(H2,21,22,23). The highest BCUT2D eigenvalue weighted by Gasteiger charge is 2.21. The molecule has 2 rings (SSSR count). The Balaban J connectivity index is 1.77. The number of hydrogen-bond acceptors (Lipinski definition) is 4. The highest BCUT2D eigenvalue weighted by atomic mass is 16.5. The molecule has 0 saturated carbocycles. The molecule has 0 radical (unpaired) electrons. The molecule has 6 heteroatoms. The molecule has 146 valence electrons. The largest absolute Gasteiger partial charge is 0.493 e. The lowest BCUT2D eigenvalue weighted by Crippen LogP contribution is -2.35. The molecule has 0 amide bonds. The van der Waals surface area contributed by atoms with Gasteiger partial charge in [0.05, 0.1) is 6.61 Å². The Labute approximate surface area is 158 Å². The summed E-state index contributed by atoms with van der Waals surface area (Å²) in [6, 6.07) is 7.97. The van der Waals surface area contributed by atoms with Gasteiger partial charge in [0.2, 0.25) is 0 Å². The molecule has 0 aliphatic carbocycles. The van der Waals surface area contributed by atoms with E-state index in [0.717, 1.165) is 30.4 Å². The number of nitrogens with zero attached hydrogens (tertiary/aromatic N) is 2. The summed E-state index contributed by atoms with van der Waals surface area (Å²) < 4.78 is 10.8. The Morgan fingerprint density at radius 2 is 2.23 bits per heavy atom. The van der Waals surface area contributed by atoms with Crippen molar-refractivity contribution >= 4 is 11.6 Å². The van der Waals surface area contributed by atoms with Gasteiger partial charge < -0.3 is 25.0 Å². The Bertz CT molecular complexity index is 550. The van der Waals surface area contributed by atoms with E-state index in [-0.39, 0.29) is 0 Å². The van der Waals surface area contributed by atoms with Crippen molar-refractivity contribution in [2.24, 2.45) is 10.9 Å². The van der Waals surface area contributed by atoms with Crippen LogP contribution in [-0.4, -0.2) is 64.4 Å². The minimum atomic E-state index is 0.653. The smallest absolute Gasteiger partial charge is 0.195 e. The van der Waals surface area contributed by atoms with Gasteiger partial charge in [0, 0.05) is 52.0 Å². The molecule has 0 aromatic heterocycles. The van der Waals surface area contributed by atoms with Crippen LogP contribution in [0.4, 0.5) is 5.69 Å². The molecule has 2 N–H and O–H groups in total. The van der Waals surface area contributed by atoms with Crippen LogP contribution < -0.4 is 15.4 Å². The van der Waals surface area contributed by atoms with E-state index >= 15 is 0 Å². The van der Waals surface area contributed by atoms with Crippen molar-refractivity contribution in [2.45, 2.75) is 26.2 Å². The second kappa shape index (κ2) is 11.8. The molecule has 0 bridgehead atoms. The van der Waals surface area contributed by atoms with Gasteiger partial charge in [-0.3, -0.25) is 4.99 Å². The number of guanidine groups is 1. The quantitative estimate of drug-likeness (QED) is 0.381. The molecular formula is C20H34N4O2. The van der Waals surface area contributed by atoms with Gasteiger partial charge in [0.15, 0.2) is 5.96 Å². The van der Waals surface area contributed by atoms with Crippen molar-refractivity contribution in [3.8, 4) is 5.75 Å². The van der Waals surface area contributed by atoms with Crippen LogP contribution in [0.3, 0.4) is 0 Å². The number of hydrogen-bond donors (Lipinski definition) is 2. The first-order valence-corrected chi connectivity index (χ1v) is 9.67. The third-order valence-electron chi connectivity index (χ3n) is 4.55. The van der Waals surface area contributed by atoms with Gasteiger partial charge in [-0.2, -0.15) is 0 Å². The van der Waals surface area contributed by atoms with E-state index < -0.39 is 0 Å². The fourth-order valence-electron chi connectivity index (χ4n) is 3.21. The van der Waals surface area contributed by atoms with Crippen LogP contribution in [0.25, 0.3) is 0 Å². The van der Waals surface area contributed by atoms with Crippen molar-refractivity contribution in [3.05, 3.63) is 24.3 Å². The number of rotatable bonds is 10. The van der Waals surface area contributed by atoms with Gasteiger partial charge in [-0.05, 0) is 44.0 Å². The minimum absolute atomic E-state index is 0.653. The maximum absolute atomic E-state index is 5.75. The van der Waals surface area contributed by atoms with E-state index in [1.807, 2.05) is 24.3 Å². The van der Waals surface area contributed by atoms with Crippen molar-refractivity contribution in [3.63, 3.8) is 0 Å². The SMILES string of the molecule is CCCN1CCC(CNC(=NC)Nc2cccc(OCCCOC)c2)C1. The summed E-state index contributed by atoms with van der Waals surface area (Å²) in [7, 11) is 3.51. The van der Waals surface area contributed by atoms with Crippen LogP contribution in [0.15, 0.2) is 29.3 Å². The molecule has 0 spiro atoms. The summed E-state index contributed by atoms with van der Waals surface area (Å²) in [5, 5.41) is 6.81. The average Bonchev–Trinajstić information content (AvgIpc) is 3.10. The summed E-state index contributed by atoms with van der Waals surface area (Å²) in [6.45, 7) is 8.17. The molecule has 1 aliphatic heterocycles. The summed E-state index contributed by atoms with van der Waals surface area (Å²) in [4.78, 5) is 6.89. The van der Waals surface area contributed by atoms with Crippen LogP contribution in [0.5, 0.6) is 5.75 Å². The lowest BCUT2D eigenvalue weighted by Gasteiger charge is -2.17. The number of anilines is 1. The summed E-state index contributed by atoms with van der Waals surface area (Å²) >= 11 is 0. The van der Waals surface area contributed by atoms with Crippen LogP contribution in [0.1, 0.15) is 26.2 Å². The zero-order valence-corrected chi connectivity index (χ0v) is 16.5. The number of nitrogens with one attached hydrogen (secondary N) is 2. The maximum Gasteiger partial charge on any atom is 0.195 e. The van der Waals surface area contributed by atoms with Gasteiger partial charge >= 0.3 is 0 Å². The first-order valence-electron chi connectivity index (χ1n) is 9.67. The van der Waals surface area contributed by atoms with Crippen molar-refractivity contribution < 1.29 is 9.47 Å². The second-order valence-corrected chi connectivity index (χ2v) is 6.76. The fourth-order valence-corrected chi connectivity index (χ4v) is 3.21. The molecule has 6 nitrogen and oxygen atoms in total. The summed E-state index contributed by atoms with van der Waals surface area (Å²) in [6.07, 6.45) is 3.37. The predicted octanol–water partition coefficient (Wildman–Crippen LogP) is 2.82. The van der Waals surface area contributed by atoms with Gasteiger partial charge in [-0.25, -0.2) is 0 Å². The van der Waals surface area contributed by atoms with Gasteiger partial charge in [-0.15, -0.1) is 0 Å². The molecule has 1 aliphatic rings. The Hall–Kier alpha value is -1.79. The Kier molecular flexibility index (Phi) is 9.28. The lowest BCUT2D eigenvalue weighted by molar-refractivity contribution is 0.172. The molecule has 1 heterocycles. The highest BCUT2D eigenvalue weighted by molar-refractivity contribution is 5.93. The topological polar surface area (TPSA) is 58.1 Å². The first kappa shape index (κ1) is 20.5. The van der Waals surface area contributed by atoms with Crippen LogP contribution in [-0.2, 0) is 4.74 Å². The third kappa shape index (κ3) is 7.22. The maximum atomic E-state index is 5.75. The molecule has 1 saturated heterocycles. The van der Waals surface area contributed by atoms with E-state index in [0.29, 0.717) is 19.1 Å². The Morgan fingerprint density at radius 3 is 3.00 bits per heavy atom. The Morgan fingerprint density at radius 1 is 1.35 bits per heavy atom. The van der Waals surface area contributed by atoms with Gasteiger partial charge in [-0.1, -0.05) is 13.0 Å². The van der Waals surface area contributed by atoms with E-state index in [1.54, 1.807) is 14.2 Å². The van der Waals surface area contributed by atoms with Crippen molar-refractivity contribution in [1.82, 2.24) is 10.2 Å². The summed E-state index contributed by atoms with van der Waals surface area (Å²) in [5.74, 6) is 2.35. The van der Waals surface area contributed by atoms with E-state index in [4.69, 9.17) is 9.47 Å². The van der Waals surface area contributed by atoms with E-state index in [1.165, 1.54) is 32.5 Å². The van der Waals surface area contributed by atoms with Crippen LogP contribution in [0, 0.1) is 5.92 Å². The average molecular weight is 363 g/mol. The molecule has 1 unspecified atom stereocenters. The van der Waals surface area contributed by atoms with E-state index in [2.05, 4.69) is 27.4 Å². The van der Waals surface area contributed by atoms with Gasteiger partial charge in [0.1, 0.15) is 5.75 Å². The molecular weight excluding hydrogens is 328 g/mol. The van der Waals surface area contributed by atoms with Crippen molar-refractivity contribution in [2.75, 3.05) is 58.9 Å². The normalized spacial score (nSPS) is 18.1. The number of ether oxygens (including phenoxy) is 2. The first-order chi connectivity index (χ1) is 12.7. The monoisotopic (exact) mass is 362 g/mol. The van der Waals surface area contributed by atoms with Crippen LogP contribution >= 0.6 is 0 Å². The lowest BCUT2D eigenvalue weighted by atomic mass is 10.1. The zero-order valence-electron chi connectivity index (χ0n) is 16.5. The molecule has 1 fully saturated rings. The molecule has 1 atom stereocenters. The molecule has 1 aromatic rings. The molecule has 26 heavy (non-hydrogen) atoms. The second-order valence-electron chi connectivity index (χ2n) is 6.76. The zero-order chi connectivity index (χ0) is 18.6. The minimum Gasteiger partial charge on any atom is -0.493 e. The van der Waals surface area contributed by atoms with E-state index in [9.17, 15) is 0 Å². The van der Waals surface area contributed by atoms with Crippen molar-refractivity contribution in [1.29, 1.82) is 0 Å². The number of aliphatic imine (C=N–C) groups is 1. The van der Waals surface area contributed by atoms with Gasteiger partial charge in [0.25, 0.3) is 0 Å². The highest BCUT2D eigenvalue weighted by Crippen LogP contribution is 2.18. The number of methoxy groups -OCH3 is 1.